The van der Waals surface area contributed by atoms with Crippen molar-refractivity contribution in [2.45, 2.75) is 25.8 Å². The van der Waals surface area contributed by atoms with Gasteiger partial charge in [-0.1, -0.05) is 12.2 Å². The second-order valence-electron chi connectivity index (χ2n) is 5.98. The molecule has 0 aromatic heterocycles. The van der Waals surface area contributed by atoms with Crippen molar-refractivity contribution < 1.29 is 18.0 Å². The van der Waals surface area contributed by atoms with Gasteiger partial charge in [0.15, 0.2) is 11.6 Å². The van der Waals surface area contributed by atoms with Crippen LogP contribution in [0.5, 0.6) is 0 Å². The lowest BCUT2D eigenvalue weighted by Crippen LogP contribution is -2.28. The van der Waals surface area contributed by atoms with Gasteiger partial charge >= 0.3 is 0 Å². The summed E-state index contributed by atoms with van der Waals surface area (Å²) in [7, 11) is 0. The minimum absolute atomic E-state index is 0.0331. The SMILES string of the molecule is CC(C)N1CC(C=O)=C2C1=CC=CC2c1cc(F)c(F)cc1F. The number of aldehydes is 1. The third kappa shape index (κ3) is 2.50. The molecule has 0 spiro atoms. The average molecular weight is 319 g/mol. The summed E-state index contributed by atoms with van der Waals surface area (Å²) in [5.41, 5.74) is 2.08. The summed E-state index contributed by atoms with van der Waals surface area (Å²) in [5, 5.41) is 0. The molecule has 0 amide bonds. The van der Waals surface area contributed by atoms with E-state index in [0.717, 1.165) is 18.0 Å². The van der Waals surface area contributed by atoms with Crippen LogP contribution in [0.1, 0.15) is 25.3 Å². The van der Waals surface area contributed by atoms with Gasteiger partial charge in [0.2, 0.25) is 0 Å². The topological polar surface area (TPSA) is 20.3 Å². The molecule has 1 aromatic rings. The van der Waals surface area contributed by atoms with Crippen LogP contribution >= 0.6 is 0 Å². The van der Waals surface area contributed by atoms with Gasteiger partial charge in [-0.15, -0.1) is 0 Å². The lowest BCUT2D eigenvalue weighted by molar-refractivity contribution is -0.105. The molecule has 120 valence electrons. The molecule has 1 atom stereocenters. The van der Waals surface area contributed by atoms with Crippen LogP contribution in [0.15, 0.2) is 47.2 Å². The molecule has 0 fully saturated rings. The molecule has 1 aliphatic carbocycles. The fourth-order valence-corrected chi connectivity index (χ4v) is 3.17. The summed E-state index contributed by atoms with van der Waals surface area (Å²) < 4.78 is 40.9. The maximum absolute atomic E-state index is 14.2. The van der Waals surface area contributed by atoms with Gasteiger partial charge in [0.1, 0.15) is 12.1 Å². The summed E-state index contributed by atoms with van der Waals surface area (Å²) in [6.45, 7) is 4.43. The number of carbonyl (C=O) groups is 1. The first-order chi connectivity index (χ1) is 10.9. The van der Waals surface area contributed by atoms with Crippen LogP contribution in [0.4, 0.5) is 13.2 Å². The molecular weight excluding hydrogens is 303 g/mol. The van der Waals surface area contributed by atoms with Gasteiger partial charge in [-0.3, -0.25) is 4.79 Å². The van der Waals surface area contributed by atoms with Crippen molar-refractivity contribution in [3.05, 3.63) is 70.2 Å². The lowest BCUT2D eigenvalue weighted by Gasteiger charge is -2.29. The Hall–Kier alpha value is -2.30. The van der Waals surface area contributed by atoms with Gasteiger partial charge in [-0.25, -0.2) is 13.2 Å². The van der Waals surface area contributed by atoms with Gasteiger partial charge in [0, 0.05) is 41.4 Å². The molecule has 5 heteroatoms. The fraction of sp³-hybridized carbons (Fsp3) is 0.278. The van der Waals surface area contributed by atoms with Crippen LogP contribution in [0, 0.1) is 17.5 Å². The van der Waals surface area contributed by atoms with Crippen molar-refractivity contribution in [1.82, 2.24) is 4.90 Å². The zero-order valence-electron chi connectivity index (χ0n) is 12.8. The molecule has 1 aliphatic heterocycles. The van der Waals surface area contributed by atoms with Gasteiger partial charge in [0.25, 0.3) is 0 Å². The third-order valence-electron chi connectivity index (χ3n) is 4.28. The van der Waals surface area contributed by atoms with E-state index >= 15 is 0 Å². The van der Waals surface area contributed by atoms with Crippen molar-refractivity contribution >= 4 is 6.29 Å². The molecule has 0 N–H and O–H groups in total. The molecule has 1 unspecified atom stereocenters. The molecule has 2 aliphatic rings. The highest BCUT2D eigenvalue weighted by atomic mass is 19.2. The van der Waals surface area contributed by atoms with Gasteiger partial charge < -0.3 is 4.90 Å². The first-order valence-electron chi connectivity index (χ1n) is 7.42. The van der Waals surface area contributed by atoms with E-state index in [1.807, 2.05) is 24.8 Å². The second kappa shape index (κ2) is 5.72. The molecule has 0 radical (unpaired) electrons. The highest BCUT2D eigenvalue weighted by Gasteiger charge is 2.35. The number of benzene rings is 1. The summed E-state index contributed by atoms with van der Waals surface area (Å²) in [5.74, 6) is -3.74. The zero-order chi connectivity index (χ0) is 16.7. The van der Waals surface area contributed by atoms with E-state index in [2.05, 4.69) is 0 Å². The summed E-state index contributed by atoms with van der Waals surface area (Å²) in [4.78, 5) is 13.5. The molecule has 3 rings (SSSR count). The number of hydrogen-bond acceptors (Lipinski definition) is 2. The Kier molecular flexibility index (Phi) is 3.88. The second-order valence-corrected chi connectivity index (χ2v) is 5.98. The highest BCUT2D eigenvalue weighted by molar-refractivity contribution is 5.80. The predicted octanol–water partition coefficient (Wildman–Crippen LogP) is 3.86. The van der Waals surface area contributed by atoms with E-state index in [0.29, 0.717) is 23.8 Å². The van der Waals surface area contributed by atoms with Gasteiger partial charge in [-0.05, 0) is 31.6 Å². The standard InChI is InChI=1S/C18H16F3NO/c1-10(2)22-8-11(9-23)18-12(4-3-5-17(18)22)13-6-15(20)16(21)7-14(13)19/h3-7,9-10,12H,8H2,1-2H3. The molecule has 0 bridgehead atoms. The Balaban J connectivity index is 2.12. The van der Waals surface area contributed by atoms with E-state index < -0.39 is 23.4 Å². The minimum atomic E-state index is -1.22. The average Bonchev–Trinajstić information content (AvgIpc) is 2.90. The maximum Gasteiger partial charge on any atom is 0.161 e. The van der Waals surface area contributed by atoms with Gasteiger partial charge in [0.05, 0.1) is 0 Å². The highest BCUT2D eigenvalue weighted by Crippen LogP contribution is 2.43. The number of allylic oxidation sites excluding steroid dienone is 4. The maximum atomic E-state index is 14.2. The predicted molar refractivity (Wildman–Crippen MR) is 81.2 cm³/mol. The van der Waals surface area contributed by atoms with Crippen LogP contribution in [0.25, 0.3) is 0 Å². The van der Waals surface area contributed by atoms with Crippen LogP contribution in [0.3, 0.4) is 0 Å². The van der Waals surface area contributed by atoms with Crippen LogP contribution in [0.2, 0.25) is 0 Å². The number of hydrogen-bond donors (Lipinski definition) is 0. The monoisotopic (exact) mass is 319 g/mol. The molecule has 1 aromatic carbocycles. The Bertz CT molecular complexity index is 762. The van der Waals surface area contributed by atoms with E-state index in [4.69, 9.17) is 0 Å². The number of halogens is 3. The minimum Gasteiger partial charge on any atom is -0.364 e. The van der Waals surface area contributed by atoms with Gasteiger partial charge in [-0.2, -0.15) is 0 Å². The molecule has 1 heterocycles. The van der Waals surface area contributed by atoms with E-state index in [-0.39, 0.29) is 11.6 Å². The van der Waals surface area contributed by atoms with Crippen LogP contribution in [-0.2, 0) is 4.79 Å². The fourth-order valence-electron chi connectivity index (χ4n) is 3.17. The van der Waals surface area contributed by atoms with Crippen LogP contribution < -0.4 is 0 Å². The van der Waals surface area contributed by atoms with Crippen molar-refractivity contribution in [3.63, 3.8) is 0 Å². The third-order valence-corrected chi connectivity index (χ3v) is 4.28. The number of fused-ring (bicyclic) bond motifs is 1. The molecule has 0 saturated heterocycles. The van der Waals surface area contributed by atoms with E-state index in [9.17, 15) is 18.0 Å². The van der Waals surface area contributed by atoms with Crippen molar-refractivity contribution in [1.29, 1.82) is 0 Å². The quantitative estimate of drug-likeness (QED) is 0.623. The first kappa shape index (κ1) is 15.6. The van der Waals surface area contributed by atoms with Crippen LogP contribution in [-0.4, -0.2) is 23.8 Å². The summed E-state index contributed by atoms with van der Waals surface area (Å²) in [6.07, 6.45) is 6.07. The Morgan fingerprint density at radius 1 is 1.17 bits per heavy atom. The normalized spacial score (nSPS) is 20.2. The Morgan fingerprint density at radius 3 is 2.52 bits per heavy atom. The lowest BCUT2D eigenvalue weighted by atomic mass is 9.84. The Morgan fingerprint density at radius 2 is 1.87 bits per heavy atom. The van der Waals surface area contributed by atoms with Crippen molar-refractivity contribution in [2.24, 2.45) is 0 Å². The van der Waals surface area contributed by atoms with Crippen molar-refractivity contribution in [3.8, 4) is 0 Å². The molecule has 0 saturated carbocycles. The van der Waals surface area contributed by atoms with Crippen molar-refractivity contribution in [2.75, 3.05) is 6.54 Å². The molecule has 23 heavy (non-hydrogen) atoms. The zero-order valence-corrected chi connectivity index (χ0v) is 12.8. The Labute approximate surface area is 132 Å². The molecular formula is C18H16F3NO. The largest absolute Gasteiger partial charge is 0.364 e. The van der Waals surface area contributed by atoms with E-state index in [1.54, 1.807) is 12.2 Å². The smallest absolute Gasteiger partial charge is 0.161 e. The number of rotatable bonds is 3. The number of nitrogens with zero attached hydrogens (tertiary/aromatic N) is 1. The summed E-state index contributed by atoms with van der Waals surface area (Å²) >= 11 is 0. The molecule has 2 nitrogen and oxygen atoms in total. The van der Waals surface area contributed by atoms with E-state index in [1.165, 1.54) is 0 Å². The summed E-state index contributed by atoms with van der Waals surface area (Å²) in [6, 6.07) is 1.58. The first-order valence-corrected chi connectivity index (χ1v) is 7.42. The number of carbonyl (C=O) groups excluding carboxylic acids is 1.